The number of aliphatic hydroxyl groups excluding tert-OH is 1. The number of carbonyl (C=O) groups is 2. The van der Waals surface area contributed by atoms with Crippen molar-refractivity contribution in [3.8, 4) is 11.3 Å². The quantitative estimate of drug-likeness (QED) is 0.563. The fourth-order valence-electron chi connectivity index (χ4n) is 4.09. The summed E-state index contributed by atoms with van der Waals surface area (Å²) in [5, 5.41) is 25.4. The lowest BCUT2D eigenvalue weighted by atomic mass is 9.99. The van der Waals surface area contributed by atoms with Gasteiger partial charge in [-0.25, -0.2) is 0 Å². The van der Waals surface area contributed by atoms with Crippen LogP contribution in [0.2, 0.25) is 0 Å². The van der Waals surface area contributed by atoms with E-state index in [1.165, 1.54) is 35.9 Å². The second-order valence-corrected chi connectivity index (χ2v) is 8.06. The van der Waals surface area contributed by atoms with Crippen LogP contribution in [-0.4, -0.2) is 44.5 Å². The number of carboxylic acid groups (broad SMARTS) is 1. The molecule has 3 rings (SSSR count). The van der Waals surface area contributed by atoms with Crippen LogP contribution in [0.1, 0.15) is 61.1 Å². The predicted octanol–water partition coefficient (Wildman–Crippen LogP) is 3.89. The smallest absolute Gasteiger partial charge is 0.417 e. The predicted molar refractivity (Wildman–Crippen MR) is 110 cm³/mol. The van der Waals surface area contributed by atoms with Crippen molar-refractivity contribution in [3.05, 3.63) is 41.6 Å². The molecule has 1 aromatic heterocycles. The van der Waals surface area contributed by atoms with E-state index in [1.54, 1.807) is 0 Å². The van der Waals surface area contributed by atoms with Crippen LogP contribution in [0, 0.1) is 5.92 Å². The fourth-order valence-corrected chi connectivity index (χ4v) is 4.09. The molecule has 2 atom stereocenters. The zero-order valence-corrected chi connectivity index (χ0v) is 17.6. The van der Waals surface area contributed by atoms with Crippen molar-refractivity contribution in [2.45, 2.75) is 57.3 Å². The lowest BCUT2D eigenvalue weighted by Crippen LogP contribution is -2.43. The first-order valence-electron chi connectivity index (χ1n) is 10.5. The molecular formula is C22H26F3N3O4. The normalized spacial score (nSPS) is 16.7. The zero-order chi connectivity index (χ0) is 23.5. The SMILES string of the molecule is CC(C(=O)O)C(CCO)NC(=O)c1cc(-c2ccccc2C(F)(F)F)n(C2CCCC2)n1. The van der Waals surface area contributed by atoms with Crippen molar-refractivity contribution >= 4 is 11.9 Å². The van der Waals surface area contributed by atoms with Gasteiger partial charge in [-0.2, -0.15) is 18.3 Å². The molecule has 7 nitrogen and oxygen atoms in total. The topological polar surface area (TPSA) is 104 Å². The molecular weight excluding hydrogens is 427 g/mol. The van der Waals surface area contributed by atoms with Crippen molar-refractivity contribution < 1.29 is 33.0 Å². The molecule has 1 aromatic carbocycles. The van der Waals surface area contributed by atoms with E-state index in [1.807, 2.05) is 0 Å². The van der Waals surface area contributed by atoms with Gasteiger partial charge in [0.15, 0.2) is 5.69 Å². The number of hydrogen-bond donors (Lipinski definition) is 3. The standard InChI is InChI=1S/C22H26F3N3O4/c1-13(21(31)32)17(10-11-29)26-20(30)18-12-19(28(27-18)14-6-2-3-7-14)15-8-4-5-9-16(15)22(23,24)25/h4-5,8-9,12-14,17,29H,2-3,6-7,10-11H2,1H3,(H,26,30)(H,31,32). The van der Waals surface area contributed by atoms with Crippen LogP contribution in [0.25, 0.3) is 11.3 Å². The minimum absolute atomic E-state index is 0.0201. The molecule has 32 heavy (non-hydrogen) atoms. The molecule has 0 radical (unpaired) electrons. The third-order valence-electron chi connectivity index (χ3n) is 5.90. The van der Waals surface area contributed by atoms with Crippen LogP contribution in [0.15, 0.2) is 30.3 Å². The van der Waals surface area contributed by atoms with Crippen molar-refractivity contribution in [1.29, 1.82) is 0 Å². The summed E-state index contributed by atoms with van der Waals surface area (Å²) in [6.07, 6.45) is -1.23. The molecule has 2 unspecified atom stereocenters. The van der Waals surface area contributed by atoms with Gasteiger partial charge in [-0.1, -0.05) is 31.0 Å². The molecule has 1 amide bonds. The third-order valence-corrected chi connectivity index (χ3v) is 5.90. The lowest BCUT2D eigenvalue weighted by Gasteiger charge is -2.21. The number of nitrogens with zero attached hydrogens (tertiary/aromatic N) is 2. The molecule has 0 saturated heterocycles. The molecule has 174 valence electrons. The van der Waals surface area contributed by atoms with E-state index in [0.717, 1.165) is 31.7 Å². The van der Waals surface area contributed by atoms with Gasteiger partial charge in [0.05, 0.1) is 23.2 Å². The number of rotatable bonds is 8. The number of halogens is 3. The number of aromatic nitrogens is 2. The minimum Gasteiger partial charge on any atom is -0.481 e. The van der Waals surface area contributed by atoms with Gasteiger partial charge >= 0.3 is 12.1 Å². The zero-order valence-electron chi connectivity index (χ0n) is 17.6. The molecule has 10 heteroatoms. The van der Waals surface area contributed by atoms with E-state index < -0.39 is 35.6 Å². The number of alkyl halides is 3. The van der Waals surface area contributed by atoms with E-state index in [-0.39, 0.29) is 36.0 Å². The Morgan fingerprint density at radius 1 is 1.25 bits per heavy atom. The van der Waals surface area contributed by atoms with Crippen LogP contribution in [0.4, 0.5) is 13.2 Å². The Balaban J connectivity index is 2.01. The third kappa shape index (κ3) is 5.12. The summed E-state index contributed by atoms with van der Waals surface area (Å²) in [4.78, 5) is 24.2. The largest absolute Gasteiger partial charge is 0.481 e. The Labute approximate surface area is 183 Å². The Morgan fingerprint density at radius 2 is 1.91 bits per heavy atom. The van der Waals surface area contributed by atoms with E-state index in [9.17, 15) is 33.0 Å². The maximum atomic E-state index is 13.6. The summed E-state index contributed by atoms with van der Waals surface area (Å²) < 4.78 is 42.4. The first kappa shape index (κ1) is 23.8. The number of aliphatic hydroxyl groups is 1. The maximum Gasteiger partial charge on any atom is 0.417 e. The van der Waals surface area contributed by atoms with Crippen LogP contribution < -0.4 is 5.32 Å². The number of carboxylic acids is 1. The molecule has 1 aliphatic rings. The first-order valence-corrected chi connectivity index (χ1v) is 10.5. The molecule has 1 aliphatic carbocycles. The van der Waals surface area contributed by atoms with Gasteiger partial charge < -0.3 is 15.5 Å². The monoisotopic (exact) mass is 453 g/mol. The number of aliphatic carboxylic acids is 1. The summed E-state index contributed by atoms with van der Waals surface area (Å²) in [7, 11) is 0. The highest BCUT2D eigenvalue weighted by Crippen LogP contribution is 2.40. The molecule has 0 aliphatic heterocycles. The highest BCUT2D eigenvalue weighted by Gasteiger charge is 2.35. The van der Waals surface area contributed by atoms with Crippen molar-refractivity contribution in [2.24, 2.45) is 5.92 Å². The summed E-state index contributed by atoms with van der Waals surface area (Å²) in [5.41, 5.74) is -0.780. The Hall–Kier alpha value is -2.88. The van der Waals surface area contributed by atoms with Gasteiger partial charge in [-0.3, -0.25) is 14.3 Å². The summed E-state index contributed by atoms with van der Waals surface area (Å²) >= 11 is 0. The van der Waals surface area contributed by atoms with E-state index in [0.29, 0.717) is 0 Å². The van der Waals surface area contributed by atoms with Crippen molar-refractivity contribution in [2.75, 3.05) is 6.61 Å². The maximum absolute atomic E-state index is 13.6. The molecule has 1 fully saturated rings. The van der Waals surface area contributed by atoms with Gasteiger partial charge in [-0.15, -0.1) is 0 Å². The fraction of sp³-hybridized carbons (Fsp3) is 0.500. The summed E-state index contributed by atoms with van der Waals surface area (Å²) in [6.45, 7) is 1.08. The average Bonchev–Trinajstić information content (AvgIpc) is 3.42. The second-order valence-electron chi connectivity index (χ2n) is 8.06. The molecule has 2 aromatic rings. The first-order chi connectivity index (χ1) is 15.1. The van der Waals surface area contributed by atoms with Crippen LogP contribution in [0.3, 0.4) is 0 Å². The molecule has 0 spiro atoms. The van der Waals surface area contributed by atoms with Crippen LogP contribution in [-0.2, 0) is 11.0 Å². The Morgan fingerprint density at radius 3 is 2.50 bits per heavy atom. The van der Waals surface area contributed by atoms with Gasteiger partial charge in [0, 0.05) is 18.2 Å². The van der Waals surface area contributed by atoms with E-state index in [4.69, 9.17) is 0 Å². The average molecular weight is 453 g/mol. The van der Waals surface area contributed by atoms with Gasteiger partial charge in [0.1, 0.15) is 0 Å². The summed E-state index contributed by atoms with van der Waals surface area (Å²) in [6, 6.07) is 5.50. The molecule has 3 N–H and O–H groups in total. The molecule has 1 heterocycles. The van der Waals surface area contributed by atoms with Gasteiger partial charge in [-0.05, 0) is 38.3 Å². The molecule has 0 bridgehead atoms. The van der Waals surface area contributed by atoms with E-state index in [2.05, 4.69) is 10.4 Å². The Bertz CT molecular complexity index is 968. The highest BCUT2D eigenvalue weighted by molar-refractivity contribution is 5.94. The number of benzene rings is 1. The van der Waals surface area contributed by atoms with Gasteiger partial charge in [0.2, 0.25) is 0 Å². The van der Waals surface area contributed by atoms with E-state index >= 15 is 0 Å². The number of carbonyl (C=O) groups excluding carboxylic acids is 1. The van der Waals surface area contributed by atoms with Crippen LogP contribution >= 0.6 is 0 Å². The van der Waals surface area contributed by atoms with Gasteiger partial charge in [0.25, 0.3) is 5.91 Å². The summed E-state index contributed by atoms with van der Waals surface area (Å²) in [5.74, 6) is -2.80. The number of amides is 1. The second kappa shape index (κ2) is 9.72. The van der Waals surface area contributed by atoms with Crippen molar-refractivity contribution in [1.82, 2.24) is 15.1 Å². The van der Waals surface area contributed by atoms with Crippen LogP contribution in [0.5, 0.6) is 0 Å². The lowest BCUT2D eigenvalue weighted by molar-refractivity contribution is -0.142. The number of nitrogens with one attached hydrogen (secondary N) is 1. The van der Waals surface area contributed by atoms with Crippen molar-refractivity contribution in [3.63, 3.8) is 0 Å². The highest BCUT2D eigenvalue weighted by atomic mass is 19.4. The Kier molecular flexibility index (Phi) is 7.22. The number of hydrogen-bond acceptors (Lipinski definition) is 4. The minimum atomic E-state index is -4.58. The molecule has 1 saturated carbocycles.